The zero-order valence-corrected chi connectivity index (χ0v) is 21.4. The van der Waals surface area contributed by atoms with E-state index in [1.165, 1.54) is 36.2 Å². The van der Waals surface area contributed by atoms with Gasteiger partial charge in [0.05, 0.1) is 0 Å². The van der Waals surface area contributed by atoms with Crippen molar-refractivity contribution < 1.29 is 43.5 Å². The van der Waals surface area contributed by atoms with Crippen molar-refractivity contribution in [3.63, 3.8) is 0 Å². The van der Waals surface area contributed by atoms with Gasteiger partial charge in [-0.15, -0.1) is 0 Å². The van der Waals surface area contributed by atoms with Gasteiger partial charge >= 0.3 is 26.6 Å². The summed E-state index contributed by atoms with van der Waals surface area (Å²) in [5.41, 5.74) is 4.49. The number of hydrogen-bond acceptors (Lipinski definition) is 2. The number of allylic oxidation sites excluding steroid dienone is 1. The Morgan fingerprint density at radius 2 is 1.00 bits per heavy atom. The molecule has 3 aliphatic carbocycles. The topological polar surface area (TPSA) is 40.1 Å². The molecule has 0 saturated heterocycles. The Labute approximate surface area is 202 Å². The standard InChI is InChI=1S/C18H33P.C4H7.C2HF3O2.Pd/c1-4-10-16(11-5-1)19(17-12-6-2-7-13-17)18-14-8-3-9-15-18;1-4(2)3;3-2(4,5)1(6)7;/h16-18H,1-15H2;1-2H2,3H3;(H,6,7);/q;-1;;+2/p-1. The van der Waals surface area contributed by atoms with Crippen molar-refractivity contribution in [2.45, 2.75) is 126 Å². The minimum Gasteiger partial charge on any atom is -0.542 e. The summed E-state index contributed by atoms with van der Waals surface area (Å²) in [6.07, 6.45) is 18.4. The molecule has 3 fully saturated rings. The number of alkyl halides is 3. The summed E-state index contributed by atoms with van der Waals surface area (Å²) >= 11 is 0. The maximum atomic E-state index is 10.5. The molecule has 0 aromatic carbocycles. The number of carbonyl (C=O) groups excluding carboxylic acids is 1. The minimum atomic E-state index is -5.19. The average Bonchev–Trinajstić information content (AvgIpc) is 2.70. The van der Waals surface area contributed by atoms with Crippen LogP contribution in [0.3, 0.4) is 0 Å². The van der Waals surface area contributed by atoms with Crippen LogP contribution in [0.2, 0.25) is 0 Å². The van der Waals surface area contributed by atoms with Crippen molar-refractivity contribution >= 4 is 13.9 Å². The molecule has 0 radical (unpaired) electrons. The van der Waals surface area contributed by atoms with Crippen LogP contribution in [-0.4, -0.2) is 29.1 Å². The van der Waals surface area contributed by atoms with Gasteiger partial charge in [-0.1, -0.05) is 72.6 Å². The van der Waals surface area contributed by atoms with Gasteiger partial charge in [-0.05, 0) is 55.5 Å². The summed E-state index contributed by atoms with van der Waals surface area (Å²) < 4.78 is 31.5. The number of carboxylic acids is 1. The zero-order valence-electron chi connectivity index (χ0n) is 19.0. The van der Waals surface area contributed by atoms with Gasteiger partial charge in [0.2, 0.25) is 0 Å². The number of carbonyl (C=O) groups is 1. The van der Waals surface area contributed by atoms with E-state index in [-0.39, 0.29) is 20.4 Å². The number of carboxylic acid groups (broad SMARTS) is 1. The third-order valence-corrected chi connectivity index (χ3v) is 10.3. The van der Waals surface area contributed by atoms with Gasteiger partial charge in [0.1, 0.15) is 5.97 Å². The second-order valence-electron chi connectivity index (χ2n) is 9.07. The Morgan fingerprint density at radius 1 is 0.806 bits per heavy atom. The zero-order chi connectivity index (χ0) is 22.6. The second kappa shape index (κ2) is 16.6. The largest absolute Gasteiger partial charge is 2.00 e. The van der Waals surface area contributed by atoms with E-state index in [1.807, 2.05) is 6.92 Å². The Balaban J connectivity index is 0.000000633. The van der Waals surface area contributed by atoms with E-state index in [4.69, 9.17) is 9.90 Å². The van der Waals surface area contributed by atoms with Gasteiger partial charge in [-0.3, -0.25) is 0 Å². The molecule has 0 bridgehead atoms. The van der Waals surface area contributed by atoms with Crippen LogP contribution in [0.4, 0.5) is 13.2 Å². The van der Waals surface area contributed by atoms with E-state index in [0.717, 1.165) is 5.57 Å². The molecule has 0 atom stereocenters. The number of hydrogen-bond donors (Lipinski definition) is 0. The Hall–Kier alpha value is -0.0377. The monoisotopic (exact) mass is 554 g/mol. The molecule has 0 aliphatic heterocycles. The van der Waals surface area contributed by atoms with Gasteiger partial charge < -0.3 is 9.90 Å². The molecule has 0 heterocycles. The van der Waals surface area contributed by atoms with Crippen molar-refractivity contribution in [2.75, 3.05) is 0 Å². The molecule has 0 unspecified atom stereocenters. The molecule has 2 nitrogen and oxygen atoms in total. The molecule has 3 aliphatic rings. The molecule has 184 valence electrons. The van der Waals surface area contributed by atoms with Crippen LogP contribution in [-0.2, 0) is 25.2 Å². The first-order valence-corrected chi connectivity index (χ1v) is 13.2. The summed E-state index contributed by atoms with van der Waals surface area (Å²) in [7, 11) is 0.385. The number of aliphatic carboxylic acids is 1. The van der Waals surface area contributed by atoms with Crippen LogP contribution in [0, 0.1) is 6.92 Å². The number of halogens is 3. The van der Waals surface area contributed by atoms with Gasteiger partial charge in [-0.25, -0.2) is 19.1 Å². The van der Waals surface area contributed by atoms with Gasteiger partial charge in [0, 0.05) is 0 Å². The van der Waals surface area contributed by atoms with Crippen molar-refractivity contribution in [3.8, 4) is 0 Å². The summed E-state index contributed by atoms with van der Waals surface area (Å²) in [6.45, 7) is 8.75. The van der Waals surface area contributed by atoms with Crippen LogP contribution >= 0.6 is 7.92 Å². The Kier molecular flexibility index (Phi) is 16.5. The molecule has 0 aromatic heterocycles. The molecule has 0 aromatic rings. The predicted molar refractivity (Wildman–Crippen MR) is 119 cm³/mol. The van der Waals surface area contributed by atoms with E-state index < -0.39 is 12.1 Å². The molecule has 0 N–H and O–H groups in total. The molecule has 0 spiro atoms. The van der Waals surface area contributed by atoms with E-state index >= 15 is 0 Å². The van der Waals surface area contributed by atoms with Crippen LogP contribution in [0.1, 0.15) is 103 Å². The first-order valence-electron chi connectivity index (χ1n) is 11.7. The van der Waals surface area contributed by atoms with E-state index in [9.17, 15) is 13.2 Å². The second-order valence-corrected chi connectivity index (χ2v) is 12.2. The first-order chi connectivity index (χ1) is 14.1. The SMILES string of the molecule is C1CCC(P(C2CCCCC2)C2CCCCC2)CC1.C=C([CH2-])C.O=C([O-])C(F)(F)F.[Pd+2]. The van der Waals surface area contributed by atoms with Crippen LogP contribution in [0.25, 0.3) is 0 Å². The molecule has 7 heteroatoms. The Morgan fingerprint density at radius 3 is 1.16 bits per heavy atom. The van der Waals surface area contributed by atoms with Crippen molar-refractivity contribution in [2.24, 2.45) is 0 Å². The summed E-state index contributed by atoms with van der Waals surface area (Å²) in [6, 6.07) is 0. The fourth-order valence-corrected chi connectivity index (χ4v) is 9.71. The summed E-state index contributed by atoms with van der Waals surface area (Å²) in [5, 5.41) is 8.78. The van der Waals surface area contributed by atoms with Gasteiger partial charge in [0.15, 0.2) is 0 Å². The summed E-state index contributed by atoms with van der Waals surface area (Å²) in [5.74, 6) is -3.01. The number of rotatable bonds is 3. The molecule has 3 saturated carbocycles. The van der Waals surface area contributed by atoms with Crippen molar-refractivity contribution in [1.82, 2.24) is 0 Å². The molecule has 0 amide bonds. The van der Waals surface area contributed by atoms with E-state index in [0.29, 0.717) is 7.92 Å². The maximum Gasteiger partial charge on any atom is 2.00 e. The maximum absolute atomic E-state index is 10.5. The van der Waals surface area contributed by atoms with Crippen molar-refractivity contribution in [1.29, 1.82) is 0 Å². The molecule has 31 heavy (non-hydrogen) atoms. The third kappa shape index (κ3) is 13.3. The molecular formula is C24H40F3O2PPd. The molecule has 3 rings (SSSR count). The normalized spacial score (nSPS) is 21.1. The quantitative estimate of drug-likeness (QED) is 0.211. The minimum absolute atomic E-state index is 0. The van der Waals surface area contributed by atoms with Crippen LogP contribution < -0.4 is 5.11 Å². The van der Waals surface area contributed by atoms with Crippen molar-refractivity contribution in [3.05, 3.63) is 19.1 Å². The fourth-order valence-electron chi connectivity index (χ4n) is 5.03. The smallest absolute Gasteiger partial charge is 0.542 e. The molecular weight excluding hydrogens is 515 g/mol. The first kappa shape index (κ1) is 31.0. The van der Waals surface area contributed by atoms with Gasteiger partial charge in [-0.2, -0.15) is 13.2 Å². The van der Waals surface area contributed by atoms with Gasteiger partial charge in [0.25, 0.3) is 0 Å². The van der Waals surface area contributed by atoms with E-state index in [2.05, 4.69) is 13.5 Å². The van der Waals surface area contributed by atoms with Crippen LogP contribution in [0.15, 0.2) is 12.2 Å². The average molecular weight is 555 g/mol. The predicted octanol–water partition coefficient (Wildman–Crippen LogP) is 7.16. The van der Waals surface area contributed by atoms with Crippen LogP contribution in [0.5, 0.6) is 0 Å². The summed E-state index contributed by atoms with van der Waals surface area (Å²) in [4.78, 5) is 8.78. The Bertz CT molecular complexity index is 449. The van der Waals surface area contributed by atoms with E-state index in [1.54, 1.807) is 77.0 Å². The third-order valence-electron chi connectivity index (χ3n) is 6.22. The fraction of sp³-hybridized carbons (Fsp3) is 0.833.